The van der Waals surface area contributed by atoms with E-state index in [1.54, 1.807) is 12.1 Å². The lowest BCUT2D eigenvalue weighted by atomic mass is 10.1. The largest absolute Gasteiger partial charge is 0.472 e. The molecule has 2 aliphatic rings. The van der Waals surface area contributed by atoms with Crippen LogP contribution in [0.4, 0.5) is 24.7 Å². The van der Waals surface area contributed by atoms with Crippen LogP contribution in [0.1, 0.15) is 27.7 Å². The first kappa shape index (κ1) is 21.0. The molecule has 6 nitrogen and oxygen atoms in total. The minimum Gasteiger partial charge on any atom is -0.472 e. The highest BCUT2D eigenvalue weighted by molar-refractivity contribution is 5.59. The number of alkyl halides is 3. The van der Waals surface area contributed by atoms with E-state index in [1.807, 2.05) is 27.7 Å². The second-order valence-corrected chi connectivity index (χ2v) is 8.31. The second kappa shape index (κ2) is 7.94. The predicted molar refractivity (Wildman–Crippen MR) is 102 cm³/mol. The molecule has 1 aromatic heterocycles. The number of hydrogen-bond donors (Lipinski definition) is 1. The quantitative estimate of drug-likeness (QED) is 0.839. The molecule has 9 heteroatoms. The summed E-state index contributed by atoms with van der Waals surface area (Å²) in [5, 5.41) is 2.83. The molecular formula is C19H29F3N4O2. The Bertz CT molecular complexity index is 678. The van der Waals surface area contributed by atoms with Gasteiger partial charge in [-0.15, -0.1) is 0 Å². The van der Waals surface area contributed by atoms with Crippen LogP contribution in [0.3, 0.4) is 0 Å². The van der Waals surface area contributed by atoms with Gasteiger partial charge in [0, 0.05) is 50.0 Å². The number of nitrogens with one attached hydrogen (secondary N) is 1. The van der Waals surface area contributed by atoms with Gasteiger partial charge in [-0.1, -0.05) is 0 Å². The first-order valence-electron chi connectivity index (χ1n) is 9.64. The van der Waals surface area contributed by atoms with Crippen molar-refractivity contribution in [1.82, 2.24) is 10.3 Å². The summed E-state index contributed by atoms with van der Waals surface area (Å²) in [7, 11) is 0. The molecule has 0 aliphatic carbocycles. The molecule has 158 valence electrons. The van der Waals surface area contributed by atoms with Gasteiger partial charge in [0.15, 0.2) is 0 Å². The molecule has 1 aromatic rings. The number of hydrogen-bond acceptors (Lipinski definition) is 6. The first-order chi connectivity index (χ1) is 13.0. The molecule has 2 saturated heterocycles. The smallest absolute Gasteiger partial charge is 0.410 e. The van der Waals surface area contributed by atoms with Gasteiger partial charge in [-0.2, -0.15) is 18.2 Å². The van der Waals surface area contributed by atoms with Crippen molar-refractivity contribution in [3.05, 3.63) is 12.1 Å². The topological polar surface area (TPSA) is 49.9 Å². The van der Waals surface area contributed by atoms with Crippen LogP contribution in [0, 0.1) is 0 Å². The lowest BCUT2D eigenvalue weighted by molar-refractivity contribution is -0.149. The highest BCUT2D eigenvalue weighted by Crippen LogP contribution is 2.34. The molecule has 3 heterocycles. The minimum absolute atomic E-state index is 0.118. The van der Waals surface area contributed by atoms with Gasteiger partial charge >= 0.3 is 6.18 Å². The van der Waals surface area contributed by atoms with Gasteiger partial charge in [0.2, 0.25) is 5.88 Å². The zero-order valence-electron chi connectivity index (χ0n) is 16.8. The molecule has 0 radical (unpaired) electrons. The van der Waals surface area contributed by atoms with E-state index >= 15 is 0 Å². The van der Waals surface area contributed by atoms with E-state index in [0.29, 0.717) is 38.0 Å². The Labute approximate surface area is 164 Å². The van der Waals surface area contributed by atoms with Gasteiger partial charge in [0.25, 0.3) is 0 Å². The fraction of sp³-hybridized carbons (Fsp3) is 0.737. The summed E-state index contributed by atoms with van der Waals surface area (Å²) in [4.78, 5) is 7.91. The van der Waals surface area contributed by atoms with Gasteiger partial charge < -0.3 is 24.6 Å². The number of rotatable bonds is 3. The van der Waals surface area contributed by atoms with Gasteiger partial charge in [-0.05, 0) is 27.7 Å². The summed E-state index contributed by atoms with van der Waals surface area (Å²) >= 11 is 0. The molecule has 0 saturated carbocycles. The molecule has 2 unspecified atom stereocenters. The lowest BCUT2D eigenvalue weighted by Crippen LogP contribution is -2.58. The summed E-state index contributed by atoms with van der Waals surface area (Å²) in [6.07, 6.45) is -4.34. The van der Waals surface area contributed by atoms with Gasteiger partial charge in [-0.3, -0.25) is 0 Å². The fourth-order valence-electron chi connectivity index (χ4n) is 3.54. The molecule has 0 amide bonds. The third kappa shape index (κ3) is 5.00. The Morgan fingerprint density at radius 3 is 2.57 bits per heavy atom. The molecular weight excluding hydrogens is 373 g/mol. The number of anilines is 2. The molecule has 0 bridgehead atoms. The first-order valence-corrected chi connectivity index (χ1v) is 9.64. The van der Waals surface area contributed by atoms with Crippen LogP contribution in [-0.4, -0.2) is 68.2 Å². The van der Waals surface area contributed by atoms with E-state index < -0.39 is 17.8 Å². The van der Waals surface area contributed by atoms with Crippen LogP contribution in [0.5, 0.6) is 5.88 Å². The molecule has 2 aliphatic heterocycles. The van der Waals surface area contributed by atoms with Crippen molar-refractivity contribution in [2.75, 3.05) is 49.2 Å². The normalized spacial score (nSPS) is 24.4. The zero-order chi connectivity index (χ0) is 20.5. The van der Waals surface area contributed by atoms with E-state index in [1.165, 1.54) is 4.90 Å². The number of aromatic nitrogens is 1. The van der Waals surface area contributed by atoms with Crippen LogP contribution in [0.15, 0.2) is 12.1 Å². The highest BCUT2D eigenvalue weighted by Gasteiger charge is 2.45. The Kier molecular flexibility index (Phi) is 5.95. The van der Waals surface area contributed by atoms with E-state index in [0.717, 1.165) is 5.69 Å². The van der Waals surface area contributed by atoms with Crippen molar-refractivity contribution in [2.45, 2.75) is 51.6 Å². The van der Waals surface area contributed by atoms with Crippen LogP contribution >= 0.6 is 0 Å². The highest BCUT2D eigenvalue weighted by atomic mass is 19.4. The number of piperazine rings is 1. The fourth-order valence-corrected chi connectivity index (χ4v) is 3.54. The number of ether oxygens (including phenoxy) is 2. The average Bonchev–Trinajstić information content (AvgIpc) is 2.59. The summed E-state index contributed by atoms with van der Waals surface area (Å²) < 4.78 is 52.2. The monoisotopic (exact) mass is 402 g/mol. The minimum atomic E-state index is -4.34. The standard InChI is InChI=1S/C19H29F3N4O2/c1-13-12-27-8-7-25(13)14-9-16(24-17(10-14)28-18(2,3)4)26-6-5-23-11-15(26)19(20,21)22/h9-10,13,15,23H,5-8,11-12H2,1-4H3. The van der Waals surface area contributed by atoms with Gasteiger partial charge in [0.05, 0.1) is 13.2 Å². The Morgan fingerprint density at radius 1 is 1.18 bits per heavy atom. The molecule has 2 fully saturated rings. The second-order valence-electron chi connectivity index (χ2n) is 8.31. The van der Waals surface area contributed by atoms with Crippen molar-refractivity contribution in [3.63, 3.8) is 0 Å². The van der Waals surface area contributed by atoms with E-state index in [9.17, 15) is 13.2 Å². The summed E-state index contributed by atoms with van der Waals surface area (Å²) in [6, 6.07) is 2.05. The van der Waals surface area contributed by atoms with Crippen molar-refractivity contribution in [2.24, 2.45) is 0 Å². The van der Waals surface area contributed by atoms with Crippen LogP contribution < -0.4 is 19.9 Å². The van der Waals surface area contributed by atoms with E-state index in [2.05, 4.69) is 15.2 Å². The number of halogens is 3. The van der Waals surface area contributed by atoms with E-state index in [4.69, 9.17) is 9.47 Å². The van der Waals surface area contributed by atoms with Crippen LogP contribution in [0.2, 0.25) is 0 Å². The number of morpholine rings is 1. The number of pyridine rings is 1. The molecule has 1 N–H and O–H groups in total. The summed E-state index contributed by atoms with van der Waals surface area (Å²) in [5.41, 5.74) is 0.298. The summed E-state index contributed by atoms with van der Waals surface area (Å²) in [6.45, 7) is 10.1. The molecule has 2 atom stereocenters. The van der Waals surface area contributed by atoms with Crippen molar-refractivity contribution in [1.29, 1.82) is 0 Å². The van der Waals surface area contributed by atoms with Crippen molar-refractivity contribution >= 4 is 11.5 Å². The van der Waals surface area contributed by atoms with Gasteiger partial charge in [0.1, 0.15) is 17.5 Å². The number of nitrogens with zero attached hydrogens (tertiary/aromatic N) is 3. The average molecular weight is 402 g/mol. The van der Waals surface area contributed by atoms with Crippen molar-refractivity contribution < 1.29 is 22.6 Å². The Balaban J connectivity index is 2.01. The maximum Gasteiger partial charge on any atom is 0.410 e. The summed E-state index contributed by atoms with van der Waals surface area (Å²) in [5.74, 6) is 0.623. The lowest BCUT2D eigenvalue weighted by Gasteiger charge is -2.39. The SMILES string of the molecule is CC1COCCN1c1cc(OC(C)(C)C)nc(N2CCNCC2C(F)(F)F)c1. The molecule has 0 aromatic carbocycles. The van der Waals surface area contributed by atoms with E-state index in [-0.39, 0.29) is 19.1 Å². The molecule has 3 rings (SSSR count). The van der Waals surface area contributed by atoms with Crippen molar-refractivity contribution in [3.8, 4) is 5.88 Å². The zero-order valence-corrected chi connectivity index (χ0v) is 16.8. The molecule has 0 spiro atoms. The van der Waals surface area contributed by atoms with Gasteiger partial charge in [-0.25, -0.2) is 0 Å². The van der Waals surface area contributed by atoms with Crippen LogP contribution in [-0.2, 0) is 4.74 Å². The Hall–Kier alpha value is -1.74. The molecule has 28 heavy (non-hydrogen) atoms. The third-order valence-electron chi connectivity index (χ3n) is 4.80. The maximum atomic E-state index is 13.6. The maximum absolute atomic E-state index is 13.6. The predicted octanol–water partition coefficient (Wildman–Crippen LogP) is 2.82. The third-order valence-corrected chi connectivity index (χ3v) is 4.80. The van der Waals surface area contributed by atoms with Crippen LogP contribution in [0.25, 0.3) is 0 Å². The Morgan fingerprint density at radius 2 is 1.93 bits per heavy atom.